The van der Waals surface area contributed by atoms with Gasteiger partial charge in [-0.1, -0.05) is 103 Å². The fourth-order valence-corrected chi connectivity index (χ4v) is 4.24. The van der Waals surface area contributed by atoms with Crippen molar-refractivity contribution in [2.24, 2.45) is 0 Å². The van der Waals surface area contributed by atoms with Gasteiger partial charge in [-0.3, -0.25) is 10.1 Å². The Morgan fingerprint density at radius 2 is 1.30 bits per heavy atom. The first kappa shape index (κ1) is 22.8. The molecule has 0 aliphatic heterocycles. The van der Waals surface area contributed by atoms with Crippen molar-refractivity contribution in [1.82, 2.24) is 5.32 Å². The van der Waals surface area contributed by atoms with Gasteiger partial charge in [-0.15, -0.1) is 0 Å². The third kappa shape index (κ3) is 5.88. The lowest BCUT2D eigenvalue weighted by Gasteiger charge is -2.29. The average molecular weight is 438 g/mol. The van der Waals surface area contributed by atoms with Crippen molar-refractivity contribution in [2.75, 3.05) is 0 Å². The second-order valence-electron chi connectivity index (χ2n) is 9.33. The number of hydrogen-bond donors (Lipinski definition) is 1. The first-order valence-corrected chi connectivity index (χ1v) is 11.5. The minimum Gasteiger partial charge on any atom is -0.460 e. The van der Waals surface area contributed by atoms with Crippen molar-refractivity contribution in [3.8, 4) is 0 Å². The lowest BCUT2D eigenvalue weighted by Crippen LogP contribution is -2.32. The lowest BCUT2D eigenvalue weighted by atomic mass is 9.93. The predicted molar refractivity (Wildman–Crippen MR) is 135 cm³/mol. The smallest absolute Gasteiger partial charge is 0.308 e. The molecule has 0 bridgehead atoms. The Morgan fingerprint density at radius 1 is 0.758 bits per heavy atom. The van der Waals surface area contributed by atoms with Crippen LogP contribution in [0.3, 0.4) is 0 Å². The number of nitrogens with one attached hydrogen (secondary N) is 1. The molecule has 33 heavy (non-hydrogen) atoms. The van der Waals surface area contributed by atoms with E-state index in [1.54, 1.807) is 0 Å². The van der Waals surface area contributed by atoms with Gasteiger partial charge in [-0.2, -0.15) is 0 Å². The van der Waals surface area contributed by atoms with Crippen LogP contribution in [0.2, 0.25) is 0 Å². The van der Waals surface area contributed by atoms with Crippen molar-refractivity contribution in [3.63, 3.8) is 0 Å². The Labute approximate surface area is 196 Å². The normalized spacial score (nSPS) is 12.6. The zero-order valence-corrected chi connectivity index (χ0v) is 19.5. The minimum atomic E-state index is -0.529. The molecule has 0 radical (unpaired) electrons. The number of carbonyl (C=O) groups is 1. The summed E-state index contributed by atoms with van der Waals surface area (Å²) in [5.41, 5.74) is 2.87. The van der Waals surface area contributed by atoms with Crippen molar-refractivity contribution < 1.29 is 9.53 Å². The topological polar surface area (TPSA) is 38.3 Å². The summed E-state index contributed by atoms with van der Waals surface area (Å²) in [5.74, 6) is -0.215. The number of carbonyl (C=O) groups excluding carboxylic acids is 1. The third-order valence-corrected chi connectivity index (χ3v) is 5.62. The summed E-state index contributed by atoms with van der Waals surface area (Å²) < 4.78 is 5.72. The molecule has 0 spiro atoms. The molecule has 0 saturated heterocycles. The monoisotopic (exact) mass is 437 g/mol. The zero-order chi connectivity index (χ0) is 23.3. The van der Waals surface area contributed by atoms with Gasteiger partial charge in [0.15, 0.2) is 0 Å². The molecule has 3 heteroatoms. The van der Waals surface area contributed by atoms with E-state index in [9.17, 15) is 4.79 Å². The standard InChI is InChI=1S/C30H31NO2/c1-30(2,3)33-28(32)21-27(26-20-12-18-22-13-10-11-19-25(22)26)31-29(23-14-6-4-7-15-23)24-16-8-5-9-17-24/h4-20,27,29,31H,21H2,1-3H3/t27-/m1/s1. The molecule has 1 atom stereocenters. The lowest BCUT2D eigenvalue weighted by molar-refractivity contribution is -0.155. The molecule has 0 amide bonds. The van der Waals surface area contributed by atoms with Gasteiger partial charge < -0.3 is 4.74 Å². The van der Waals surface area contributed by atoms with E-state index in [2.05, 4.69) is 59.9 Å². The van der Waals surface area contributed by atoms with E-state index >= 15 is 0 Å². The van der Waals surface area contributed by atoms with Crippen LogP contribution in [0.5, 0.6) is 0 Å². The Morgan fingerprint density at radius 3 is 1.91 bits per heavy atom. The SMILES string of the molecule is CC(C)(C)OC(=O)C[C@@H](NC(c1ccccc1)c1ccccc1)c1cccc2ccccc12. The van der Waals surface area contributed by atoms with Gasteiger partial charge in [0.25, 0.3) is 0 Å². The van der Waals surface area contributed by atoms with E-state index in [-0.39, 0.29) is 24.5 Å². The number of hydrogen-bond acceptors (Lipinski definition) is 3. The summed E-state index contributed by atoms with van der Waals surface area (Å²) in [7, 11) is 0. The van der Waals surface area contributed by atoms with Crippen molar-refractivity contribution in [3.05, 3.63) is 120 Å². The number of fused-ring (bicyclic) bond motifs is 1. The van der Waals surface area contributed by atoms with Gasteiger partial charge in [0.05, 0.1) is 12.5 Å². The van der Waals surface area contributed by atoms with Gasteiger partial charge >= 0.3 is 5.97 Å². The van der Waals surface area contributed by atoms with E-state index in [0.29, 0.717) is 0 Å². The van der Waals surface area contributed by atoms with Gasteiger partial charge in [-0.25, -0.2) is 0 Å². The summed E-state index contributed by atoms with van der Waals surface area (Å²) in [4.78, 5) is 13.0. The number of esters is 1. The Hall–Kier alpha value is -3.43. The van der Waals surface area contributed by atoms with E-state index in [0.717, 1.165) is 27.5 Å². The molecule has 0 fully saturated rings. The van der Waals surface area contributed by atoms with Crippen LogP contribution in [0.15, 0.2) is 103 Å². The fraction of sp³-hybridized carbons (Fsp3) is 0.233. The minimum absolute atomic E-state index is 0.0706. The fourth-order valence-electron chi connectivity index (χ4n) is 4.24. The van der Waals surface area contributed by atoms with Crippen LogP contribution in [-0.2, 0) is 9.53 Å². The second-order valence-corrected chi connectivity index (χ2v) is 9.33. The summed E-state index contributed by atoms with van der Waals surface area (Å²) in [5, 5.41) is 6.11. The quantitative estimate of drug-likeness (QED) is 0.317. The maximum atomic E-state index is 13.0. The van der Waals surface area contributed by atoms with Crippen LogP contribution in [0.4, 0.5) is 0 Å². The van der Waals surface area contributed by atoms with E-state index in [1.165, 1.54) is 0 Å². The van der Waals surface area contributed by atoms with Crippen LogP contribution < -0.4 is 5.32 Å². The molecule has 0 aliphatic carbocycles. The molecule has 0 aromatic heterocycles. The molecule has 1 N–H and O–H groups in total. The summed E-state index contributed by atoms with van der Waals surface area (Å²) in [6.07, 6.45) is 0.238. The first-order chi connectivity index (χ1) is 15.9. The van der Waals surface area contributed by atoms with Gasteiger partial charge in [0.1, 0.15) is 5.60 Å². The van der Waals surface area contributed by atoms with Crippen LogP contribution in [0.1, 0.15) is 56.0 Å². The molecule has 4 aromatic carbocycles. The van der Waals surface area contributed by atoms with Gasteiger partial charge in [0.2, 0.25) is 0 Å². The number of rotatable bonds is 7. The summed E-state index contributed by atoms with van der Waals surface area (Å²) in [6.45, 7) is 5.71. The van der Waals surface area contributed by atoms with Crippen molar-refractivity contribution in [2.45, 2.75) is 44.9 Å². The highest BCUT2D eigenvalue weighted by atomic mass is 16.6. The third-order valence-electron chi connectivity index (χ3n) is 5.62. The number of ether oxygens (including phenoxy) is 1. The van der Waals surface area contributed by atoms with Gasteiger partial charge in [0, 0.05) is 6.04 Å². The molecule has 0 heterocycles. The maximum Gasteiger partial charge on any atom is 0.308 e. The van der Waals surface area contributed by atoms with E-state index in [1.807, 2.05) is 69.3 Å². The first-order valence-electron chi connectivity index (χ1n) is 11.5. The molecule has 4 rings (SSSR count). The molecule has 168 valence electrons. The highest BCUT2D eigenvalue weighted by Gasteiger charge is 2.26. The molecule has 3 nitrogen and oxygen atoms in total. The molecular weight excluding hydrogens is 406 g/mol. The van der Waals surface area contributed by atoms with Gasteiger partial charge in [-0.05, 0) is 48.2 Å². The van der Waals surface area contributed by atoms with Crippen LogP contribution in [0, 0.1) is 0 Å². The van der Waals surface area contributed by atoms with Crippen LogP contribution >= 0.6 is 0 Å². The Balaban J connectivity index is 1.77. The van der Waals surface area contributed by atoms with E-state index in [4.69, 9.17) is 4.74 Å². The van der Waals surface area contributed by atoms with Crippen LogP contribution in [0.25, 0.3) is 10.8 Å². The molecule has 0 saturated carbocycles. The summed E-state index contributed by atoms with van der Waals surface area (Å²) >= 11 is 0. The second kappa shape index (κ2) is 10.0. The Bertz CT molecular complexity index is 1150. The predicted octanol–water partition coefficient (Wildman–Crippen LogP) is 6.99. The largest absolute Gasteiger partial charge is 0.460 e. The van der Waals surface area contributed by atoms with Crippen LogP contribution in [-0.4, -0.2) is 11.6 Å². The molecular formula is C30H31NO2. The number of benzene rings is 4. The summed E-state index contributed by atoms with van der Waals surface area (Å²) in [6, 6.07) is 35.0. The average Bonchev–Trinajstić information content (AvgIpc) is 2.81. The van der Waals surface area contributed by atoms with E-state index < -0.39 is 5.60 Å². The highest BCUT2D eigenvalue weighted by Crippen LogP contribution is 2.32. The molecule has 0 aliphatic rings. The highest BCUT2D eigenvalue weighted by molar-refractivity contribution is 5.86. The zero-order valence-electron chi connectivity index (χ0n) is 19.5. The van der Waals surface area contributed by atoms with Crippen molar-refractivity contribution >= 4 is 16.7 Å². The molecule has 4 aromatic rings. The maximum absolute atomic E-state index is 13.0. The molecule has 0 unspecified atom stereocenters. The Kier molecular flexibility index (Phi) is 6.90. The van der Waals surface area contributed by atoms with Crippen molar-refractivity contribution in [1.29, 1.82) is 0 Å².